The normalized spacial score (nSPS) is 16.9. The number of nitrogens with one attached hydrogen (secondary N) is 1. The Kier molecular flexibility index (Phi) is 4.55. The third-order valence-corrected chi connectivity index (χ3v) is 3.21. The van der Waals surface area contributed by atoms with Crippen LogP contribution >= 0.6 is 0 Å². The van der Waals surface area contributed by atoms with Crippen LogP contribution in [0.2, 0.25) is 0 Å². The molecule has 0 saturated carbocycles. The van der Waals surface area contributed by atoms with Crippen molar-refractivity contribution in [1.29, 1.82) is 0 Å². The quantitative estimate of drug-likeness (QED) is 0.665. The Morgan fingerprint density at radius 3 is 2.86 bits per heavy atom. The second-order valence-electron chi connectivity index (χ2n) is 4.71. The molecule has 21 heavy (non-hydrogen) atoms. The molecule has 1 heterocycles. The lowest BCUT2D eigenvalue weighted by molar-refractivity contribution is -0.138. The summed E-state index contributed by atoms with van der Waals surface area (Å²) in [6, 6.07) is 3.52. The van der Waals surface area contributed by atoms with Crippen molar-refractivity contribution in [1.82, 2.24) is 0 Å². The highest BCUT2D eigenvalue weighted by Crippen LogP contribution is 2.36. The molecule has 1 aromatic carbocycles. The topological polar surface area (TPSA) is 38.3 Å². The molecule has 114 valence electrons. The van der Waals surface area contributed by atoms with Crippen LogP contribution in [0.4, 0.5) is 18.9 Å². The summed E-state index contributed by atoms with van der Waals surface area (Å²) in [7, 11) is 0. The fraction of sp³-hybridized carbons (Fsp3) is 0.400. The van der Waals surface area contributed by atoms with E-state index in [1.807, 2.05) is 0 Å². The minimum Gasteiger partial charge on any atom is -0.463 e. The summed E-state index contributed by atoms with van der Waals surface area (Å²) >= 11 is 0. The molecular formula is C15H16F3NO2. The highest BCUT2D eigenvalue weighted by molar-refractivity contribution is 5.93. The average Bonchev–Trinajstić information content (AvgIpc) is 2.60. The largest absolute Gasteiger partial charge is 0.463 e. The molecule has 1 aliphatic rings. The number of ether oxygens (including phenoxy) is 1. The summed E-state index contributed by atoms with van der Waals surface area (Å²) < 4.78 is 43.1. The van der Waals surface area contributed by atoms with Crippen LogP contribution < -0.4 is 5.32 Å². The van der Waals surface area contributed by atoms with Gasteiger partial charge in [0, 0.05) is 23.9 Å². The molecule has 0 aliphatic carbocycles. The fourth-order valence-electron chi connectivity index (χ4n) is 2.26. The van der Waals surface area contributed by atoms with E-state index in [-0.39, 0.29) is 6.61 Å². The number of allylic oxidation sites excluding steroid dienone is 1. The summed E-state index contributed by atoms with van der Waals surface area (Å²) in [5, 5.41) is 2.98. The molecule has 3 nitrogen and oxygen atoms in total. The maximum absolute atomic E-state index is 12.8. The van der Waals surface area contributed by atoms with Crippen LogP contribution in [0.15, 0.2) is 24.3 Å². The average molecular weight is 299 g/mol. The molecule has 1 aromatic rings. The molecule has 6 heteroatoms. The summed E-state index contributed by atoms with van der Waals surface area (Å²) in [5.74, 6) is -0.472. The first kappa shape index (κ1) is 15.4. The van der Waals surface area contributed by atoms with E-state index >= 15 is 0 Å². The van der Waals surface area contributed by atoms with Crippen LogP contribution in [0.1, 0.15) is 30.9 Å². The van der Waals surface area contributed by atoms with Gasteiger partial charge in [-0.05, 0) is 37.5 Å². The van der Waals surface area contributed by atoms with Crippen molar-refractivity contribution in [3.63, 3.8) is 0 Å². The number of halogens is 3. The number of carbonyl (C=O) groups excluding carboxylic acids is 1. The lowest BCUT2D eigenvalue weighted by Crippen LogP contribution is -2.07. The number of alkyl halides is 3. The number of esters is 1. The minimum atomic E-state index is -4.38. The Balaban J connectivity index is 2.40. The van der Waals surface area contributed by atoms with Gasteiger partial charge in [-0.25, -0.2) is 4.79 Å². The zero-order chi connectivity index (χ0) is 15.5. The van der Waals surface area contributed by atoms with E-state index in [0.717, 1.165) is 18.6 Å². The summed E-state index contributed by atoms with van der Waals surface area (Å²) in [6.07, 6.45) is -1.66. The Labute approximate surface area is 120 Å². The van der Waals surface area contributed by atoms with E-state index < -0.39 is 17.7 Å². The van der Waals surface area contributed by atoms with Gasteiger partial charge < -0.3 is 10.1 Å². The van der Waals surface area contributed by atoms with E-state index in [4.69, 9.17) is 4.74 Å². The number of rotatable bonds is 2. The molecule has 0 saturated heterocycles. The predicted octanol–water partition coefficient (Wildman–Crippen LogP) is 3.86. The van der Waals surface area contributed by atoms with Gasteiger partial charge in [0.15, 0.2) is 0 Å². The minimum absolute atomic E-state index is 0.265. The van der Waals surface area contributed by atoms with Crippen LogP contribution in [0, 0.1) is 0 Å². The van der Waals surface area contributed by atoms with Gasteiger partial charge in [0.2, 0.25) is 0 Å². The maximum Gasteiger partial charge on any atom is 0.416 e. The molecule has 0 radical (unpaired) electrons. The molecule has 0 atom stereocenters. The molecular weight excluding hydrogens is 283 g/mol. The second kappa shape index (κ2) is 6.20. The first-order valence-electron chi connectivity index (χ1n) is 6.74. The van der Waals surface area contributed by atoms with Gasteiger partial charge >= 0.3 is 12.1 Å². The summed E-state index contributed by atoms with van der Waals surface area (Å²) in [6.45, 7) is 2.53. The molecule has 0 fully saturated rings. The van der Waals surface area contributed by atoms with Gasteiger partial charge in [0.25, 0.3) is 0 Å². The van der Waals surface area contributed by atoms with E-state index in [1.165, 1.54) is 12.1 Å². The van der Waals surface area contributed by atoms with Crippen LogP contribution in [-0.4, -0.2) is 19.1 Å². The standard InChI is InChI=1S/C15H16F3NO2/c1-2-21-14(20)8-10-4-3-7-19-13-9-11(15(16,17)18)5-6-12(10)13/h5-6,8-9,19H,2-4,7H2,1H3/b10-8+. The first-order chi connectivity index (χ1) is 9.91. The van der Waals surface area contributed by atoms with Gasteiger partial charge in [-0.3, -0.25) is 0 Å². The smallest absolute Gasteiger partial charge is 0.416 e. The third kappa shape index (κ3) is 3.77. The second-order valence-corrected chi connectivity index (χ2v) is 4.71. The van der Waals surface area contributed by atoms with E-state index in [2.05, 4.69) is 5.32 Å². The fourth-order valence-corrected chi connectivity index (χ4v) is 2.26. The first-order valence-corrected chi connectivity index (χ1v) is 6.74. The van der Waals surface area contributed by atoms with E-state index in [0.29, 0.717) is 29.8 Å². The summed E-state index contributed by atoms with van der Waals surface area (Å²) in [5.41, 5.74) is 1.01. The van der Waals surface area contributed by atoms with Crippen molar-refractivity contribution in [2.45, 2.75) is 25.9 Å². The molecule has 0 aromatic heterocycles. The molecule has 1 aliphatic heterocycles. The zero-order valence-corrected chi connectivity index (χ0v) is 11.6. The summed E-state index contributed by atoms with van der Waals surface area (Å²) in [4.78, 5) is 11.6. The van der Waals surface area contributed by atoms with Crippen LogP contribution in [0.3, 0.4) is 0 Å². The van der Waals surface area contributed by atoms with Gasteiger partial charge in [0.05, 0.1) is 12.2 Å². The Bertz CT molecular complexity index is 565. The number of anilines is 1. The monoisotopic (exact) mass is 299 g/mol. The molecule has 1 N–H and O–H groups in total. The van der Waals surface area contributed by atoms with E-state index in [9.17, 15) is 18.0 Å². The van der Waals surface area contributed by atoms with Crippen LogP contribution in [-0.2, 0) is 15.7 Å². The molecule has 0 bridgehead atoms. The van der Waals surface area contributed by atoms with Crippen molar-refractivity contribution >= 4 is 17.2 Å². The molecule has 0 unspecified atom stereocenters. The van der Waals surface area contributed by atoms with Gasteiger partial charge in [-0.1, -0.05) is 6.07 Å². The lowest BCUT2D eigenvalue weighted by Gasteiger charge is -2.13. The van der Waals surface area contributed by atoms with Gasteiger partial charge in [-0.15, -0.1) is 0 Å². The SMILES string of the molecule is CCOC(=O)/C=C1\CCCNc2cc(C(F)(F)F)ccc21. The van der Waals surface area contributed by atoms with Gasteiger partial charge in [-0.2, -0.15) is 13.2 Å². The Morgan fingerprint density at radius 1 is 1.43 bits per heavy atom. The van der Waals surface area contributed by atoms with Crippen molar-refractivity contribution in [2.75, 3.05) is 18.5 Å². The maximum atomic E-state index is 12.8. The Hall–Kier alpha value is -1.98. The van der Waals surface area contributed by atoms with Crippen molar-refractivity contribution in [3.05, 3.63) is 35.4 Å². The van der Waals surface area contributed by atoms with Crippen molar-refractivity contribution in [2.24, 2.45) is 0 Å². The predicted molar refractivity (Wildman–Crippen MR) is 73.8 cm³/mol. The lowest BCUT2D eigenvalue weighted by atomic mass is 9.99. The number of fused-ring (bicyclic) bond motifs is 1. The molecule has 0 amide bonds. The highest BCUT2D eigenvalue weighted by atomic mass is 19.4. The Morgan fingerprint density at radius 2 is 2.19 bits per heavy atom. The van der Waals surface area contributed by atoms with Gasteiger partial charge in [0.1, 0.15) is 0 Å². The zero-order valence-electron chi connectivity index (χ0n) is 11.6. The number of benzene rings is 1. The number of carbonyl (C=O) groups is 1. The highest BCUT2D eigenvalue weighted by Gasteiger charge is 2.31. The van der Waals surface area contributed by atoms with Crippen LogP contribution in [0.5, 0.6) is 0 Å². The van der Waals surface area contributed by atoms with Crippen molar-refractivity contribution in [3.8, 4) is 0 Å². The third-order valence-electron chi connectivity index (χ3n) is 3.21. The number of hydrogen-bond acceptors (Lipinski definition) is 3. The van der Waals surface area contributed by atoms with Crippen molar-refractivity contribution < 1.29 is 22.7 Å². The van der Waals surface area contributed by atoms with E-state index in [1.54, 1.807) is 6.92 Å². The number of hydrogen-bond donors (Lipinski definition) is 1. The van der Waals surface area contributed by atoms with Crippen LogP contribution in [0.25, 0.3) is 5.57 Å². The molecule has 0 spiro atoms. The molecule has 2 rings (SSSR count).